The Bertz CT molecular complexity index is 646. The molecule has 0 radical (unpaired) electrons. The maximum atomic E-state index is 4.85. The summed E-state index contributed by atoms with van der Waals surface area (Å²) < 4.78 is 0. The van der Waals surface area contributed by atoms with Gasteiger partial charge in [0.2, 0.25) is 5.95 Å². The molecule has 0 amide bonds. The summed E-state index contributed by atoms with van der Waals surface area (Å²) in [4.78, 5) is 14.7. The predicted octanol–water partition coefficient (Wildman–Crippen LogP) is 2.77. The maximum absolute atomic E-state index is 4.85. The molecule has 1 N–H and O–H groups in total. The molecule has 1 saturated heterocycles. The van der Waals surface area contributed by atoms with E-state index in [9.17, 15) is 0 Å². The predicted molar refractivity (Wildman–Crippen MR) is 88.5 cm³/mol. The number of aromatic nitrogens is 2. The normalized spacial score (nSPS) is 18.6. The average Bonchev–Trinajstić information content (AvgIpc) is 3.07. The molecule has 1 aliphatic heterocycles. The Kier molecular flexibility index (Phi) is 3.22. The molecule has 0 saturated carbocycles. The molecular formula is C14H18N4S2. The van der Waals surface area contributed by atoms with Crippen LogP contribution in [0.5, 0.6) is 0 Å². The van der Waals surface area contributed by atoms with Crippen LogP contribution in [0.15, 0.2) is 0 Å². The molecular weight excluding hydrogens is 288 g/mol. The summed E-state index contributed by atoms with van der Waals surface area (Å²) >= 11 is 3.89. The Morgan fingerprint density at radius 2 is 2.00 bits per heavy atom. The first-order valence-corrected chi connectivity index (χ1v) is 9.16. The SMILES string of the molecule is CNc1nc(N2CCSCC2)nc2sc3c(c12)CCC3. The molecule has 106 valence electrons. The van der Waals surface area contributed by atoms with Gasteiger partial charge in [0.15, 0.2) is 0 Å². The summed E-state index contributed by atoms with van der Waals surface area (Å²) in [5.74, 6) is 4.28. The molecule has 2 aromatic heterocycles. The van der Waals surface area contributed by atoms with Gasteiger partial charge in [-0.05, 0) is 24.8 Å². The second kappa shape index (κ2) is 5.07. The molecule has 4 rings (SSSR count). The largest absolute Gasteiger partial charge is 0.372 e. The quantitative estimate of drug-likeness (QED) is 0.924. The fraction of sp³-hybridized carbons (Fsp3) is 0.571. The monoisotopic (exact) mass is 306 g/mol. The number of thiophene rings is 1. The fourth-order valence-electron chi connectivity index (χ4n) is 3.07. The Labute approximate surface area is 127 Å². The van der Waals surface area contributed by atoms with Gasteiger partial charge in [0.25, 0.3) is 0 Å². The highest BCUT2D eigenvalue weighted by molar-refractivity contribution is 7.99. The van der Waals surface area contributed by atoms with E-state index >= 15 is 0 Å². The van der Waals surface area contributed by atoms with E-state index in [4.69, 9.17) is 9.97 Å². The van der Waals surface area contributed by atoms with Crippen LogP contribution >= 0.6 is 23.1 Å². The second-order valence-corrected chi connectivity index (χ2v) is 7.57. The summed E-state index contributed by atoms with van der Waals surface area (Å²) in [5, 5.41) is 4.57. The minimum atomic E-state index is 0.905. The fourth-order valence-corrected chi connectivity index (χ4v) is 5.23. The Hall–Kier alpha value is -1.01. The zero-order chi connectivity index (χ0) is 13.5. The van der Waals surface area contributed by atoms with Gasteiger partial charge in [0.05, 0.1) is 5.39 Å². The lowest BCUT2D eigenvalue weighted by Crippen LogP contribution is -2.33. The Morgan fingerprint density at radius 3 is 2.80 bits per heavy atom. The molecule has 4 nitrogen and oxygen atoms in total. The van der Waals surface area contributed by atoms with E-state index in [0.717, 1.165) is 24.9 Å². The Balaban J connectivity index is 1.84. The molecule has 0 atom stereocenters. The standard InChI is InChI=1S/C14H18N4S2/c1-15-12-11-9-3-2-4-10(9)20-13(11)17-14(16-12)18-5-7-19-8-6-18/h2-8H2,1H3,(H,15,16,17). The topological polar surface area (TPSA) is 41.1 Å². The van der Waals surface area contributed by atoms with Crippen LogP contribution in [0.2, 0.25) is 0 Å². The third-order valence-electron chi connectivity index (χ3n) is 4.08. The van der Waals surface area contributed by atoms with Gasteiger partial charge in [-0.3, -0.25) is 0 Å². The van der Waals surface area contributed by atoms with Crippen molar-refractivity contribution in [2.45, 2.75) is 19.3 Å². The third kappa shape index (κ3) is 1.97. The Morgan fingerprint density at radius 1 is 1.15 bits per heavy atom. The first-order chi connectivity index (χ1) is 9.86. The van der Waals surface area contributed by atoms with Gasteiger partial charge in [-0.2, -0.15) is 16.7 Å². The van der Waals surface area contributed by atoms with Crippen molar-refractivity contribution in [1.82, 2.24) is 9.97 Å². The lowest BCUT2D eigenvalue weighted by molar-refractivity contribution is 0.821. The second-order valence-electron chi connectivity index (χ2n) is 5.26. The lowest BCUT2D eigenvalue weighted by Gasteiger charge is -2.26. The molecule has 6 heteroatoms. The van der Waals surface area contributed by atoms with E-state index in [1.54, 1.807) is 0 Å². The maximum Gasteiger partial charge on any atom is 0.228 e. The molecule has 2 aliphatic rings. The van der Waals surface area contributed by atoms with Crippen molar-refractivity contribution >= 4 is 45.1 Å². The van der Waals surface area contributed by atoms with Gasteiger partial charge in [-0.25, -0.2) is 4.98 Å². The molecule has 0 bridgehead atoms. The summed E-state index contributed by atoms with van der Waals surface area (Å²) in [6, 6.07) is 0. The molecule has 3 heterocycles. The van der Waals surface area contributed by atoms with Crippen LogP contribution in [0.1, 0.15) is 16.9 Å². The van der Waals surface area contributed by atoms with Gasteiger partial charge < -0.3 is 10.2 Å². The van der Waals surface area contributed by atoms with Crippen LogP contribution in [0, 0.1) is 0 Å². The number of rotatable bonds is 2. The van der Waals surface area contributed by atoms with Crippen LogP contribution in [0.3, 0.4) is 0 Å². The first kappa shape index (κ1) is 12.7. The number of nitrogens with zero attached hydrogens (tertiary/aromatic N) is 3. The zero-order valence-corrected chi connectivity index (χ0v) is 13.2. The smallest absolute Gasteiger partial charge is 0.228 e. The molecule has 20 heavy (non-hydrogen) atoms. The highest BCUT2D eigenvalue weighted by atomic mass is 32.2. The number of anilines is 2. The molecule has 1 aliphatic carbocycles. The van der Waals surface area contributed by atoms with Crippen LogP contribution in [-0.4, -0.2) is 41.6 Å². The van der Waals surface area contributed by atoms with Crippen molar-refractivity contribution in [2.24, 2.45) is 0 Å². The van der Waals surface area contributed by atoms with Gasteiger partial charge in [-0.15, -0.1) is 11.3 Å². The number of nitrogens with one attached hydrogen (secondary N) is 1. The summed E-state index contributed by atoms with van der Waals surface area (Å²) in [6.07, 6.45) is 3.69. The summed E-state index contributed by atoms with van der Waals surface area (Å²) in [6.45, 7) is 2.12. The molecule has 0 spiro atoms. The summed E-state index contributed by atoms with van der Waals surface area (Å²) in [5.41, 5.74) is 1.50. The van der Waals surface area contributed by atoms with Crippen LogP contribution in [0.25, 0.3) is 10.2 Å². The van der Waals surface area contributed by atoms with Crippen molar-refractivity contribution in [3.63, 3.8) is 0 Å². The van der Waals surface area contributed by atoms with E-state index in [2.05, 4.69) is 10.2 Å². The molecule has 2 aromatic rings. The van der Waals surface area contributed by atoms with Crippen molar-refractivity contribution in [2.75, 3.05) is 41.9 Å². The number of hydrogen-bond donors (Lipinski definition) is 1. The molecule has 1 fully saturated rings. The van der Waals surface area contributed by atoms with Crippen LogP contribution < -0.4 is 10.2 Å². The van der Waals surface area contributed by atoms with Gasteiger partial charge in [-0.1, -0.05) is 0 Å². The van der Waals surface area contributed by atoms with Crippen LogP contribution in [-0.2, 0) is 12.8 Å². The van der Waals surface area contributed by atoms with E-state index in [0.29, 0.717) is 0 Å². The minimum Gasteiger partial charge on any atom is -0.372 e. The minimum absolute atomic E-state index is 0.905. The number of hydrogen-bond acceptors (Lipinski definition) is 6. The zero-order valence-electron chi connectivity index (χ0n) is 11.6. The van der Waals surface area contributed by atoms with E-state index in [1.165, 1.54) is 51.4 Å². The lowest BCUT2D eigenvalue weighted by atomic mass is 10.2. The van der Waals surface area contributed by atoms with Gasteiger partial charge >= 0.3 is 0 Å². The number of thioether (sulfide) groups is 1. The van der Waals surface area contributed by atoms with Gasteiger partial charge in [0.1, 0.15) is 10.6 Å². The van der Waals surface area contributed by atoms with Crippen molar-refractivity contribution in [1.29, 1.82) is 0 Å². The van der Waals surface area contributed by atoms with Crippen LogP contribution in [0.4, 0.5) is 11.8 Å². The highest BCUT2D eigenvalue weighted by Gasteiger charge is 2.23. The molecule has 0 unspecified atom stereocenters. The van der Waals surface area contributed by atoms with Crippen molar-refractivity contribution in [3.8, 4) is 0 Å². The number of aryl methyl sites for hydroxylation is 2. The van der Waals surface area contributed by atoms with E-state index in [-0.39, 0.29) is 0 Å². The highest BCUT2D eigenvalue weighted by Crippen LogP contribution is 2.40. The molecule has 0 aromatic carbocycles. The van der Waals surface area contributed by atoms with E-state index < -0.39 is 0 Å². The first-order valence-electron chi connectivity index (χ1n) is 7.19. The van der Waals surface area contributed by atoms with Gasteiger partial charge in [0, 0.05) is 36.5 Å². The summed E-state index contributed by atoms with van der Waals surface area (Å²) in [7, 11) is 1.97. The van der Waals surface area contributed by atoms with E-state index in [1.807, 2.05) is 30.1 Å². The average molecular weight is 306 g/mol. The van der Waals surface area contributed by atoms with Crippen molar-refractivity contribution in [3.05, 3.63) is 10.4 Å². The van der Waals surface area contributed by atoms with Crippen molar-refractivity contribution < 1.29 is 0 Å². The number of fused-ring (bicyclic) bond motifs is 3. The third-order valence-corrected chi connectivity index (χ3v) is 6.21.